The van der Waals surface area contributed by atoms with Gasteiger partial charge in [-0.15, -0.1) is 0 Å². The molecule has 2 amide bonds. The third-order valence-corrected chi connectivity index (χ3v) is 4.38. The predicted octanol–water partition coefficient (Wildman–Crippen LogP) is 3.14. The fourth-order valence-corrected chi connectivity index (χ4v) is 3.04. The van der Waals surface area contributed by atoms with Crippen LogP contribution in [0.2, 0.25) is 0 Å². The molecule has 0 fully saturated rings. The van der Waals surface area contributed by atoms with Gasteiger partial charge in [-0.25, -0.2) is 13.8 Å². The van der Waals surface area contributed by atoms with Gasteiger partial charge in [-0.1, -0.05) is 13.8 Å². The van der Waals surface area contributed by atoms with Gasteiger partial charge >= 0.3 is 0 Å². The summed E-state index contributed by atoms with van der Waals surface area (Å²) in [6, 6.07) is 3.12. The van der Waals surface area contributed by atoms with Crippen molar-refractivity contribution in [3.05, 3.63) is 47.0 Å². The maximum absolute atomic E-state index is 13.4. The molecule has 0 saturated carbocycles. The van der Waals surface area contributed by atoms with Gasteiger partial charge < -0.3 is 15.2 Å². The van der Waals surface area contributed by atoms with Crippen LogP contribution in [0.1, 0.15) is 53.5 Å². The molecule has 1 aliphatic heterocycles. The Hall–Kier alpha value is -2.77. The summed E-state index contributed by atoms with van der Waals surface area (Å²) < 4.78 is 28.2. The number of halogens is 2. The number of rotatable bonds is 5. The Morgan fingerprint density at radius 1 is 1.19 bits per heavy atom. The number of nitrogens with one attached hydrogen (secondary N) is 2. The molecular weight excluding hydrogens is 354 g/mol. The summed E-state index contributed by atoms with van der Waals surface area (Å²) in [6.07, 6.45) is 2.42. The van der Waals surface area contributed by atoms with E-state index in [1.165, 1.54) is 6.07 Å². The second kappa shape index (κ2) is 7.85. The minimum absolute atomic E-state index is 0.127. The number of amides is 2. The highest BCUT2D eigenvalue weighted by Gasteiger charge is 2.27. The van der Waals surface area contributed by atoms with Gasteiger partial charge in [0.05, 0.1) is 5.69 Å². The Balaban J connectivity index is 1.87. The minimum atomic E-state index is -1.05. The largest absolute Gasteiger partial charge is 0.349 e. The van der Waals surface area contributed by atoms with Crippen LogP contribution in [0.15, 0.2) is 18.2 Å². The fraction of sp³-hybridized carbons (Fsp3) is 0.421. The van der Waals surface area contributed by atoms with E-state index in [4.69, 9.17) is 0 Å². The van der Waals surface area contributed by atoms with Gasteiger partial charge in [-0.3, -0.25) is 9.59 Å². The number of carbonyl (C=O) groups excluding carboxylic acids is 2. The molecule has 1 aromatic carbocycles. The number of hydrogen-bond acceptors (Lipinski definition) is 3. The average molecular weight is 376 g/mol. The second-order valence-corrected chi connectivity index (χ2v) is 7.03. The highest BCUT2D eigenvalue weighted by atomic mass is 19.2. The molecule has 0 bridgehead atoms. The molecule has 27 heavy (non-hydrogen) atoms. The number of hydrogen-bond donors (Lipinski definition) is 2. The summed E-state index contributed by atoms with van der Waals surface area (Å²) in [6.45, 7) is 5.10. The summed E-state index contributed by atoms with van der Waals surface area (Å²) in [5.74, 6) is -2.40. The van der Waals surface area contributed by atoms with Crippen molar-refractivity contribution in [2.75, 3.05) is 11.9 Å². The van der Waals surface area contributed by atoms with Gasteiger partial charge in [-0.05, 0) is 37.3 Å². The van der Waals surface area contributed by atoms with E-state index < -0.39 is 17.5 Å². The molecule has 0 aliphatic carbocycles. The Kier molecular flexibility index (Phi) is 5.53. The molecule has 3 rings (SSSR count). The van der Waals surface area contributed by atoms with Crippen molar-refractivity contribution in [3.63, 3.8) is 0 Å². The van der Waals surface area contributed by atoms with Crippen LogP contribution in [0.4, 0.5) is 14.5 Å². The summed E-state index contributed by atoms with van der Waals surface area (Å²) in [5.41, 5.74) is 0.965. The highest BCUT2D eigenvalue weighted by Crippen LogP contribution is 2.22. The van der Waals surface area contributed by atoms with E-state index in [0.29, 0.717) is 31.1 Å². The third kappa shape index (κ3) is 4.15. The lowest BCUT2D eigenvalue weighted by atomic mass is 10.1. The Bertz CT molecular complexity index is 877. The van der Waals surface area contributed by atoms with Crippen LogP contribution in [-0.2, 0) is 13.0 Å². The molecule has 0 spiro atoms. The first-order valence-electron chi connectivity index (χ1n) is 9.00. The number of fused-ring (bicyclic) bond motifs is 1. The number of aromatic nitrogens is 2. The van der Waals surface area contributed by atoms with Crippen LogP contribution < -0.4 is 10.6 Å². The summed E-state index contributed by atoms with van der Waals surface area (Å²) >= 11 is 0. The fourth-order valence-electron chi connectivity index (χ4n) is 3.04. The Labute approximate surface area is 156 Å². The first kappa shape index (κ1) is 19.0. The standard InChI is InChI=1S/C19H22F2N4O2/c1-11(2)10-22-19(27)17-24-16(15-5-3-4-8-25(15)17)18(26)23-12-6-7-13(20)14(21)9-12/h6-7,9,11H,3-5,8,10H2,1-2H3,(H,22,27)(H,23,26). The maximum atomic E-state index is 13.4. The van der Waals surface area contributed by atoms with Gasteiger partial charge in [-0.2, -0.15) is 0 Å². The van der Waals surface area contributed by atoms with Crippen molar-refractivity contribution in [2.45, 2.75) is 39.7 Å². The van der Waals surface area contributed by atoms with Gasteiger partial charge in [0.25, 0.3) is 11.8 Å². The quantitative estimate of drug-likeness (QED) is 0.842. The zero-order valence-corrected chi connectivity index (χ0v) is 15.3. The van der Waals surface area contributed by atoms with Gasteiger partial charge in [0.1, 0.15) is 0 Å². The zero-order valence-electron chi connectivity index (χ0n) is 15.3. The van der Waals surface area contributed by atoms with Crippen LogP contribution in [0.25, 0.3) is 0 Å². The van der Waals surface area contributed by atoms with Crippen LogP contribution in [0.3, 0.4) is 0 Å². The maximum Gasteiger partial charge on any atom is 0.287 e. The number of benzene rings is 1. The van der Waals surface area contributed by atoms with Crippen molar-refractivity contribution in [1.29, 1.82) is 0 Å². The summed E-state index contributed by atoms with van der Waals surface area (Å²) in [5, 5.41) is 5.34. The van der Waals surface area contributed by atoms with Crippen molar-refractivity contribution in [3.8, 4) is 0 Å². The molecule has 6 nitrogen and oxygen atoms in total. The van der Waals surface area contributed by atoms with Crippen molar-refractivity contribution in [1.82, 2.24) is 14.9 Å². The molecule has 1 aromatic heterocycles. The SMILES string of the molecule is CC(C)CNC(=O)c1nc(C(=O)Nc2ccc(F)c(F)c2)c2n1CCCC2. The predicted molar refractivity (Wildman–Crippen MR) is 96.6 cm³/mol. The molecule has 0 atom stereocenters. The van der Waals surface area contributed by atoms with E-state index in [2.05, 4.69) is 15.6 Å². The first-order chi connectivity index (χ1) is 12.9. The van der Waals surface area contributed by atoms with E-state index in [1.54, 1.807) is 4.57 Å². The molecule has 2 N–H and O–H groups in total. The number of nitrogens with zero attached hydrogens (tertiary/aromatic N) is 2. The molecule has 0 unspecified atom stereocenters. The monoisotopic (exact) mass is 376 g/mol. The third-order valence-electron chi connectivity index (χ3n) is 4.38. The Morgan fingerprint density at radius 2 is 1.96 bits per heavy atom. The smallest absolute Gasteiger partial charge is 0.287 e. The average Bonchev–Trinajstić information content (AvgIpc) is 3.02. The van der Waals surface area contributed by atoms with E-state index >= 15 is 0 Å². The van der Waals surface area contributed by atoms with Crippen molar-refractivity contribution >= 4 is 17.5 Å². The number of carbonyl (C=O) groups is 2. The van der Waals surface area contributed by atoms with Crippen LogP contribution in [-0.4, -0.2) is 27.9 Å². The van der Waals surface area contributed by atoms with Gasteiger partial charge in [0, 0.05) is 24.8 Å². The van der Waals surface area contributed by atoms with Crippen LogP contribution in [0, 0.1) is 17.6 Å². The molecule has 8 heteroatoms. The van der Waals surface area contributed by atoms with Crippen LogP contribution in [0.5, 0.6) is 0 Å². The van der Waals surface area contributed by atoms with E-state index in [1.807, 2.05) is 13.8 Å². The van der Waals surface area contributed by atoms with Gasteiger partial charge in [0.2, 0.25) is 0 Å². The molecule has 0 radical (unpaired) electrons. The summed E-state index contributed by atoms with van der Waals surface area (Å²) in [4.78, 5) is 29.4. The molecule has 0 saturated heterocycles. The molecule has 2 aromatic rings. The molecule has 144 valence electrons. The van der Waals surface area contributed by atoms with Gasteiger partial charge in [0.15, 0.2) is 23.2 Å². The molecule has 1 aliphatic rings. The normalized spacial score (nSPS) is 13.4. The lowest BCUT2D eigenvalue weighted by Gasteiger charge is -2.17. The second-order valence-electron chi connectivity index (χ2n) is 7.03. The van der Waals surface area contributed by atoms with E-state index in [0.717, 1.165) is 25.0 Å². The number of imidazole rings is 1. The van der Waals surface area contributed by atoms with Crippen molar-refractivity contribution in [2.24, 2.45) is 5.92 Å². The number of anilines is 1. The Morgan fingerprint density at radius 3 is 2.67 bits per heavy atom. The first-order valence-corrected chi connectivity index (χ1v) is 9.00. The highest BCUT2D eigenvalue weighted by molar-refractivity contribution is 6.05. The lowest BCUT2D eigenvalue weighted by Crippen LogP contribution is -2.30. The van der Waals surface area contributed by atoms with Crippen LogP contribution >= 0.6 is 0 Å². The molecular formula is C19H22F2N4O2. The molecule has 2 heterocycles. The van der Waals surface area contributed by atoms with E-state index in [9.17, 15) is 18.4 Å². The van der Waals surface area contributed by atoms with E-state index in [-0.39, 0.29) is 23.1 Å². The lowest BCUT2D eigenvalue weighted by molar-refractivity contribution is 0.0933. The summed E-state index contributed by atoms with van der Waals surface area (Å²) in [7, 11) is 0. The zero-order chi connectivity index (χ0) is 19.6. The minimum Gasteiger partial charge on any atom is -0.349 e. The van der Waals surface area contributed by atoms with Crippen molar-refractivity contribution < 1.29 is 18.4 Å². The topological polar surface area (TPSA) is 76.0 Å².